The van der Waals surface area contributed by atoms with Crippen molar-refractivity contribution in [1.82, 2.24) is 0 Å². The Hall–Kier alpha value is -2.54. The van der Waals surface area contributed by atoms with Gasteiger partial charge in [0.1, 0.15) is 36.6 Å². The highest BCUT2D eigenvalue weighted by Gasteiger charge is 2.71. The van der Waals surface area contributed by atoms with Gasteiger partial charge >= 0.3 is 17.9 Å². The van der Waals surface area contributed by atoms with Crippen molar-refractivity contribution >= 4 is 23.7 Å². The maximum atomic E-state index is 14.8. The zero-order valence-electron chi connectivity index (χ0n) is 34.4. The number of carboxylic acid groups (broad SMARTS) is 3. The Morgan fingerprint density at radius 1 is 0.690 bits per heavy atom. The van der Waals surface area contributed by atoms with Gasteiger partial charge in [0.2, 0.25) is 0 Å². The molecule has 16 nitrogen and oxygen atoms in total. The van der Waals surface area contributed by atoms with Crippen LogP contribution in [-0.4, -0.2) is 132 Å². The molecule has 2 aliphatic heterocycles. The summed E-state index contributed by atoms with van der Waals surface area (Å²) in [5.74, 6) is -4.47. The monoisotopic (exact) mass is 822 g/mol. The van der Waals surface area contributed by atoms with Crippen LogP contribution >= 0.6 is 0 Å². The molecule has 4 saturated carbocycles. The SMILES string of the molecule is CC1(C)[C@@H](O[C@H]2O[C@H](C(=O)O)[C@@H](O)[C@H](O)[C@H]2O[C@@H]2O[C@H](C(=O)O)[C@@H](O)[C@H](O)[C@H]2O)CC[C@]2(C)[C@H]3C(=O)C=C4[C@H]5C[C@@](C)(C(=O)O)CC[C@]5(C)CC[C@@]4(C)[C@]3(C)CC[C@@H]12. The molecule has 19 atom stereocenters. The van der Waals surface area contributed by atoms with Gasteiger partial charge in [-0.15, -0.1) is 0 Å². The fourth-order valence-corrected chi connectivity index (χ4v) is 13.4. The number of hydrogen-bond donors (Lipinski definition) is 8. The van der Waals surface area contributed by atoms with Gasteiger partial charge in [-0.1, -0.05) is 47.1 Å². The van der Waals surface area contributed by atoms with E-state index in [0.29, 0.717) is 25.7 Å². The number of aliphatic carboxylic acids is 3. The van der Waals surface area contributed by atoms with E-state index in [9.17, 15) is 60.0 Å². The highest BCUT2D eigenvalue weighted by Crippen LogP contribution is 2.75. The lowest BCUT2D eigenvalue weighted by molar-refractivity contribution is -0.371. The third-order valence-electron chi connectivity index (χ3n) is 17.2. The number of allylic oxidation sites excluding steroid dienone is 2. The number of ether oxygens (including phenoxy) is 4. The molecule has 58 heavy (non-hydrogen) atoms. The van der Waals surface area contributed by atoms with Crippen molar-refractivity contribution in [1.29, 1.82) is 0 Å². The van der Waals surface area contributed by atoms with Gasteiger partial charge < -0.3 is 59.8 Å². The fourth-order valence-electron chi connectivity index (χ4n) is 13.4. The molecule has 0 radical (unpaired) electrons. The minimum Gasteiger partial charge on any atom is -0.481 e. The van der Waals surface area contributed by atoms with Crippen LogP contribution in [0.1, 0.15) is 106 Å². The number of carboxylic acids is 3. The standard InChI is InChI=1S/C42H62O16/c1-37(2)21-8-11-42(7)31(20(43)16-18-19-17-39(4,36(53)54)13-12-38(19,3)14-15-41(18,42)6)40(21,5)10-9-22(37)55-35-30(26(47)25(46)29(57-35)33(51)52)58-34-27(48)23(44)24(45)28(56-34)32(49)50/h16,19,21-31,34-35,44-48H,8-15,17H2,1-7H3,(H,49,50)(H,51,52)(H,53,54)/t19-,21+,22+,23+,24+,25+,26+,27-,28+,29+,30-,31-,34+,35+,38-,39+,40+,41-,42-/m1/s1. The summed E-state index contributed by atoms with van der Waals surface area (Å²) in [6.45, 7) is 14.8. The summed E-state index contributed by atoms with van der Waals surface area (Å²) in [6.07, 6.45) is -12.2. The maximum absolute atomic E-state index is 14.8. The molecule has 16 heteroatoms. The van der Waals surface area contributed by atoms with Crippen LogP contribution in [-0.2, 0) is 38.1 Å². The second-order valence-corrected chi connectivity index (χ2v) is 20.6. The summed E-state index contributed by atoms with van der Waals surface area (Å²) < 4.78 is 23.4. The van der Waals surface area contributed by atoms with E-state index >= 15 is 0 Å². The first-order valence-corrected chi connectivity index (χ1v) is 20.7. The number of hydrogen-bond acceptors (Lipinski definition) is 13. The molecule has 326 valence electrons. The topological polar surface area (TPSA) is 267 Å². The lowest BCUT2D eigenvalue weighted by Crippen LogP contribution is -2.68. The largest absolute Gasteiger partial charge is 0.481 e. The zero-order valence-corrected chi connectivity index (χ0v) is 34.4. The Labute approximate surface area is 337 Å². The summed E-state index contributed by atoms with van der Waals surface area (Å²) in [5.41, 5.74) is -1.81. The molecular weight excluding hydrogens is 760 g/mol. The van der Waals surface area contributed by atoms with Gasteiger partial charge in [-0.2, -0.15) is 0 Å². The minimum absolute atomic E-state index is 0.0217. The Kier molecular flexibility index (Phi) is 10.7. The highest BCUT2D eigenvalue weighted by atomic mass is 16.8. The number of aliphatic hydroxyl groups is 5. The smallest absolute Gasteiger partial charge is 0.335 e. The third kappa shape index (κ3) is 6.25. The van der Waals surface area contributed by atoms with E-state index in [1.165, 1.54) is 0 Å². The van der Waals surface area contributed by atoms with Crippen LogP contribution in [0.3, 0.4) is 0 Å². The molecular formula is C42H62O16. The zero-order chi connectivity index (χ0) is 42.9. The van der Waals surface area contributed by atoms with Crippen molar-refractivity contribution in [3.63, 3.8) is 0 Å². The van der Waals surface area contributed by atoms with E-state index in [2.05, 4.69) is 27.7 Å². The molecule has 8 N–H and O–H groups in total. The second-order valence-electron chi connectivity index (χ2n) is 20.6. The highest BCUT2D eigenvalue weighted by molar-refractivity contribution is 5.95. The van der Waals surface area contributed by atoms with E-state index in [1.807, 2.05) is 26.8 Å². The van der Waals surface area contributed by atoms with Gasteiger partial charge in [0.25, 0.3) is 0 Å². The summed E-state index contributed by atoms with van der Waals surface area (Å²) in [6, 6.07) is 0. The minimum atomic E-state index is -2.05. The Morgan fingerprint density at radius 3 is 1.88 bits per heavy atom. The van der Waals surface area contributed by atoms with Crippen molar-refractivity contribution in [2.75, 3.05) is 0 Å². The summed E-state index contributed by atoms with van der Waals surface area (Å²) in [5, 5.41) is 83.0. The van der Waals surface area contributed by atoms with Crippen LogP contribution in [0.5, 0.6) is 0 Å². The Balaban J connectivity index is 1.17. The summed E-state index contributed by atoms with van der Waals surface area (Å²) in [7, 11) is 0. The first kappa shape index (κ1) is 43.5. The van der Waals surface area contributed by atoms with Crippen LogP contribution in [0, 0.1) is 50.2 Å². The normalized spacial score (nSPS) is 52.6. The van der Waals surface area contributed by atoms with E-state index in [1.54, 1.807) is 0 Å². The van der Waals surface area contributed by atoms with Crippen LogP contribution in [0.15, 0.2) is 11.6 Å². The number of fused-ring (bicyclic) bond motifs is 7. The summed E-state index contributed by atoms with van der Waals surface area (Å²) >= 11 is 0. The molecule has 0 aromatic rings. The quantitative estimate of drug-likeness (QED) is 0.171. The maximum Gasteiger partial charge on any atom is 0.335 e. The van der Waals surface area contributed by atoms with E-state index < -0.39 is 107 Å². The predicted molar refractivity (Wildman–Crippen MR) is 199 cm³/mol. The number of rotatable bonds is 7. The van der Waals surface area contributed by atoms with Gasteiger partial charge in [0, 0.05) is 5.92 Å². The molecule has 0 bridgehead atoms. The molecule has 0 aromatic heterocycles. The van der Waals surface area contributed by atoms with Crippen molar-refractivity contribution in [3.05, 3.63) is 11.6 Å². The Bertz CT molecular complexity index is 1730. The van der Waals surface area contributed by atoms with Crippen molar-refractivity contribution in [3.8, 4) is 0 Å². The molecule has 5 aliphatic carbocycles. The third-order valence-corrected chi connectivity index (χ3v) is 17.2. The lowest BCUT2D eigenvalue weighted by atomic mass is 9.33. The van der Waals surface area contributed by atoms with Gasteiger partial charge in [-0.25, -0.2) is 9.59 Å². The van der Waals surface area contributed by atoms with E-state index in [0.717, 1.165) is 37.7 Å². The molecule has 0 spiro atoms. The number of aliphatic hydroxyl groups excluding tert-OH is 5. The lowest BCUT2D eigenvalue weighted by Gasteiger charge is -2.70. The second kappa shape index (κ2) is 14.3. The number of ketones is 1. The first-order valence-electron chi connectivity index (χ1n) is 20.7. The van der Waals surface area contributed by atoms with Crippen LogP contribution < -0.4 is 0 Å². The van der Waals surface area contributed by atoms with Crippen molar-refractivity contribution < 1.29 is 79.0 Å². The average Bonchev–Trinajstić information content (AvgIpc) is 3.13. The van der Waals surface area contributed by atoms with Crippen molar-refractivity contribution in [2.24, 2.45) is 50.2 Å². The fraction of sp³-hybridized carbons (Fsp3) is 0.857. The molecule has 0 aromatic carbocycles. The molecule has 0 unspecified atom stereocenters. The van der Waals surface area contributed by atoms with E-state index in [-0.39, 0.29) is 34.4 Å². The van der Waals surface area contributed by atoms with Gasteiger partial charge in [0.15, 0.2) is 30.6 Å². The molecule has 2 heterocycles. The van der Waals surface area contributed by atoms with E-state index in [4.69, 9.17) is 18.9 Å². The van der Waals surface area contributed by atoms with Gasteiger partial charge in [0.05, 0.1) is 11.5 Å². The van der Waals surface area contributed by atoms with Gasteiger partial charge in [-0.05, 0) is 110 Å². The van der Waals surface area contributed by atoms with Crippen molar-refractivity contribution in [2.45, 2.75) is 174 Å². The Morgan fingerprint density at radius 2 is 1.28 bits per heavy atom. The first-order chi connectivity index (χ1) is 26.8. The van der Waals surface area contributed by atoms with Crippen LogP contribution in [0.2, 0.25) is 0 Å². The average molecular weight is 823 g/mol. The molecule has 7 aliphatic rings. The van der Waals surface area contributed by atoms with Crippen LogP contribution in [0.25, 0.3) is 0 Å². The number of carbonyl (C=O) groups excluding carboxylic acids is 1. The predicted octanol–water partition coefficient (Wildman–Crippen LogP) is 2.25. The number of carbonyl (C=O) groups is 4. The molecule has 7 rings (SSSR count). The molecule has 6 fully saturated rings. The molecule has 2 saturated heterocycles. The molecule has 0 amide bonds. The van der Waals surface area contributed by atoms with Crippen LogP contribution in [0.4, 0.5) is 0 Å². The summed E-state index contributed by atoms with van der Waals surface area (Å²) in [4.78, 5) is 51.3. The van der Waals surface area contributed by atoms with Gasteiger partial charge in [-0.3, -0.25) is 9.59 Å².